The highest BCUT2D eigenvalue weighted by molar-refractivity contribution is 6.14. The largest absolute Gasteiger partial charge is 0.443 e. The first-order valence-electron chi connectivity index (χ1n) is 8.28. The summed E-state index contributed by atoms with van der Waals surface area (Å²) in [6.07, 6.45) is -0.223. The molecule has 0 spiro atoms. The molecule has 7 heteroatoms. The minimum atomic E-state index is -0.867. The Labute approximate surface area is 153 Å². The fourth-order valence-corrected chi connectivity index (χ4v) is 2.21. The van der Waals surface area contributed by atoms with Gasteiger partial charge in [0.1, 0.15) is 11.2 Å². The molecule has 0 atom stereocenters. The monoisotopic (exact) mass is 359 g/mol. The molecule has 0 saturated carbocycles. The van der Waals surface area contributed by atoms with Crippen molar-refractivity contribution in [1.82, 2.24) is 4.98 Å². The molecular formula is C19H25N3O4. The first-order valence-corrected chi connectivity index (χ1v) is 8.28. The summed E-state index contributed by atoms with van der Waals surface area (Å²) in [5.41, 5.74) is 4.77. The highest BCUT2D eigenvalue weighted by Gasteiger charge is 2.34. The molecule has 0 fully saturated rings. The highest BCUT2D eigenvalue weighted by atomic mass is 16.6. The normalized spacial score (nSPS) is 11.9. The van der Waals surface area contributed by atoms with Crippen molar-refractivity contribution < 1.29 is 19.1 Å². The molecule has 0 unspecified atom stereocenters. The van der Waals surface area contributed by atoms with Crippen LogP contribution in [0.3, 0.4) is 0 Å². The number of hydrogen-bond acceptors (Lipinski definition) is 6. The van der Waals surface area contributed by atoms with Gasteiger partial charge in [-0.15, -0.1) is 0 Å². The minimum absolute atomic E-state index is 0.110. The van der Waals surface area contributed by atoms with Crippen LogP contribution in [0.15, 0.2) is 30.5 Å². The average Bonchev–Trinajstić information content (AvgIpc) is 2.44. The van der Waals surface area contributed by atoms with Gasteiger partial charge in [0.05, 0.1) is 0 Å². The summed E-state index contributed by atoms with van der Waals surface area (Å²) in [6.45, 7) is 10.3. The molecule has 0 bridgehead atoms. The van der Waals surface area contributed by atoms with Crippen LogP contribution in [0, 0.1) is 0 Å². The summed E-state index contributed by atoms with van der Waals surface area (Å²) in [5.74, 6) is 0.110. The quantitative estimate of drug-likeness (QED) is 0.754. The third-order valence-corrected chi connectivity index (χ3v) is 3.13. The Morgan fingerprint density at radius 3 is 2.00 bits per heavy atom. The van der Waals surface area contributed by atoms with Gasteiger partial charge in [-0.1, -0.05) is 6.07 Å². The predicted octanol–water partition coefficient (Wildman–Crippen LogP) is 4.49. The number of nitrogens with two attached hydrogens (primary N) is 1. The van der Waals surface area contributed by atoms with Gasteiger partial charge < -0.3 is 15.2 Å². The molecule has 0 saturated heterocycles. The van der Waals surface area contributed by atoms with E-state index in [2.05, 4.69) is 4.98 Å². The van der Waals surface area contributed by atoms with Gasteiger partial charge in [-0.05, 0) is 65.1 Å². The summed E-state index contributed by atoms with van der Waals surface area (Å²) < 4.78 is 10.8. The van der Waals surface area contributed by atoms with Crippen LogP contribution in [0.2, 0.25) is 0 Å². The summed E-state index contributed by atoms with van der Waals surface area (Å²) in [6, 6.07) is 6.94. The Morgan fingerprint density at radius 1 is 0.962 bits per heavy atom. The van der Waals surface area contributed by atoms with Crippen molar-refractivity contribution in [2.75, 3.05) is 10.6 Å². The van der Waals surface area contributed by atoms with E-state index in [9.17, 15) is 9.59 Å². The smallest absolute Gasteiger partial charge is 0.425 e. The van der Waals surface area contributed by atoms with Crippen LogP contribution in [0.25, 0.3) is 10.8 Å². The number of nitrogens with zero attached hydrogens (tertiary/aromatic N) is 2. The molecule has 26 heavy (non-hydrogen) atoms. The lowest BCUT2D eigenvalue weighted by Gasteiger charge is -2.28. The third kappa shape index (κ3) is 4.84. The van der Waals surface area contributed by atoms with E-state index in [1.807, 2.05) is 0 Å². The molecule has 7 nitrogen and oxygen atoms in total. The fourth-order valence-electron chi connectivity index (χ4n) is 2.21. The van der Waals surface area contributed by atoms with Crippen LogP contribution < -0.4 is 10.6 Å². The Kier molecular flexibility index (Phi) is 5.11. The van der Waals surface area contributed by atoms with Gasteiger partial charge in [0.15, 0.2) is 5.82 Å². The zero-order valence-corrected chi connectivity index (χ0v) is 16.0. The van der Waals surface area contributed by atoms with Gasteiger partial charge in [-0.3, -0.25) is 0 Å². The van der Waals surface area contributed by atoms with E-state index in [4.69, 9.17) is 15.2 Å². The van der Waals surface area contributed by atoms with Crippen LogP contribution in [-0.2, 0) is 9.47 Å². The van der Waals surface area contributed by atoms with E-state index in [1.54, 1.807) is 65.8 Å². The Bertz CT molecular complexity index is 807. The van der Waals surface area contributed by atoms with E-state index in [1.165, 1.54) is 6.20 Å². The predicted molar refractivity (Wildman–Crippen MR) is 101 cm³/mol. The van der Waals surface area contributed by atoms with Gasteiger partial charge in [-0.25, -0.2) is 14.6 Å². The molecule has 1 aromatic heterocycles. The maximum absolute atomic E-state index is 12.7. The number of carbonyl (C=O) groups is 2. The topological polar surface area (TPSA) is 94.8 Å². The van der Waals surface area contributed by atoms with Gasteiger partial charge in [0, 0.05) is 17.3 Å². The first kappa shape index (κ1) is 19.5. The second-order valence-electron chi connectivity index (χ2n) is 7.91. The summed E-state index contributed by atoms with van der Waals surface area (Å²) in [4.78, 5) is 30.5. The van der Waals surface area contributed by atoms with Crippen molar-refractivity contribution in [3.63, 3.8) is 0 Å². The lowest BCUT2D eigenvalue weighted by molar-refractivity contribution is 0.0429. The SMILES string of the molecule is CC(C)(C)OC(=O)N(C(=O)OC(C)(C)C)c1nccc2ccc(N)cc12. The molecule has 0 aliphatic rings. The van der Waals surface area contributed by atoms with Crippen LogP contribution in [-0.4, -0.2) is 28.4 Å². The van der Waals surface area contributed by atoms with Crippen LogP contribution in [0.1, 0.15) is 41.5 Å². The second kappa shape index (κ2) is 6.82. The number of imide groups is 1. The molecule has 2 amide bonds. The minimum Gasteiger partial charge on any atom is -0.443 e. The molecule has 140 valence electrons. The van der Waals surface area contributed by atoms with Crippen molar-refractivity contribution in [2.45, 2.75) is 52.7 Å². The Hall–Kier alpha value is -2.83. The number of hydrogen-bond donors (Lipinski definition) is 1. The standard InChI is InChI=1S/C19H25N3O4/c1-18(2,3)25-16(23)22(17(24)26-19(4,5)6)15-14-11-13(20)8-7-12(14)9-10-21-15/h7-11H,20H2,1-6H3. The number of benzene rings is 1. The van der Waals surface area contributed by atoms with E-state index in [0.717, 1.165) is 10.3 Å². The van der Waals surface area contributed by atoms with Crippen molar-refractivity contribution in [1.29, 1.82) is 0 Å². The highest BCUT2D eigenvalue weighted by Crippen LogP contribution is 2.29. The maximum atomic E-state index is 12.7. The molecule has 2 N–H and O–H groups in total. The number of fused-ring (bicyclic) bond motifs is 1. The number of pyridine rings is 1. The van der Waals surface area contributed by atoms with E-state index in [0.29, 0.717) is 11.1 Å². The zero-order chi connectivity index (χ0) is 19.7. The summed E-state index contributed by atoms with van der Waals surface area (Å²) in [5, 5.41) is 1.32. The van der Waals surface area contributed by atoms with Crippen molar-refractivity contribution >= 4 is 34.5 Å². The van der Waals surface area contributed by atoms with Crippen molar-refractivity contribution in [3.05, 3.63) is 30.5 Å². The van der Waals surface area contributed by atoms with Crippen molar-refractivity contribution in [3.8, 4) is 0 Å². The van der Waals surface area contributed by atoms with Crippen molar-refractivity contribution in [2.24, 2.45) is 0 Å². The number of carbonyl (C=O) groups excluding carboxylic acids is 2. The van der Waals surface area contributed by atoms with Crippen LogP contribution >= 0.6 is 0 Å². The molecule has 0 aliphatic heterocycles. The third-order valence-electron chi connectivity index (χ3n) is 3.13. The lowest BCUT2D eigenvalue weighted by Crippen LogP contribution is -2.44. The summed E-state index contributed by atoms with van der Waals surface area (Å²) in [7, 11) is 0. The molecule has 1 aromatic carbocycles. The van der Waals surface area contributed by atoms with E-state index in [-0.39, 0.29) is 5.82 Å². The number of anilines is 2. The number of ether oxygens (including phenoxy) is 2. The molecule has 2 aromatic rings. The van der Waals surface area contributed by atoms with Gasteiger partial charge in [0.2, 0.25) is 0 Å². The molecule has 0 aliphatic carbocycles. The summed E-state index contributed by atoms with van der Waals surface area (Å²) >= 11 is 0. The molecular weight excluding hydrogens is 334 g/mol. The molecule has 0 radical (unpaired) electrons. The maximum Gasteiger partial charge on any atom is 0.425 e. The van der Waals surface area contributed by atoms with E-state index >= 15 is 0 Å². The van der Waals surface area contributed by atoms with Crippen LogP contribution in [0.5, 0.6) is 0 Å². The molecule has 2 rings (SSSR count). The first-order chi connectivity index (χ1) is 11.9. The van der Waals surface area contributed by atoms with Gasteiger partial charge in [0.25, 0.3) is 0 Å². The van der Waals surface area contributed by atoms with Gasteiger partial charge >= 0.3 is 12.2 Å². The number of aromatic nitrogens is 1. The van der Waals surface area contributed by atoms with E-state index < -0.39 is 23.4 Å². The lowest BCUT2D eigenvalue weighted by atomic mass is 10.1. The zero-order valence-electron chi connectivity index (χ0n) is 16.0. The van der Waals surface area contributed by atoms with Crippen LogP contribution in [0.4, 0.5) is 21.1 Å². The Balaban J connectivity index is 2.59. The fraction of sp³-hybridized carbons (Fsp3) is 0.421. The van der Waals surface area contributed by atoms with Gasteiger partial charge in [-0.2, -0.15) is 4.90 Å². The number of nitrogen functional groups attached to an aromatic ring is 1. The Morgan fingerprint density at radius 2 is 1.50 bits per heavy atom. The average molecular weight is 359 g/mol. The molecule has 1 heterocycles. The second-order valence-corrected chi connectivity index (χ2v) is 7.91. The number of amides is 2. The number of rotatable bonds is 1.